The smallest absolute Gasteiger partial charge is 0.236 e. The summed E-state index contributed by atoms with van der Waals surface area (Å²) in [7, 11) is 0. The van der Waals surface area contributed by atoms with Gasteiger partial charge < -0.3 is 0 Å². The van der Waals surface area contributed by atoms with E-state index in [2.05, 4.69) is 4.98 Å². The van der Waals surface area contributed by atoms with E-state index in [0.29, 0.717) is 5.82 Å². The second-order valence-corrected chi connectivity index (χ2v) is 2.88. The number of nitrogens with zero attached hydrogens (tertiary/aromatic N) is 2. The Morgan fingerprint density at radius 1 is 1.31 bits per heavy atom. The van der Waals surface area contributed by atoms with Gasteiger partial charge in [0.05, 0.1) is 13.0 Å². The van der Waals surface area contributed by atoms with Crippen LogP contribution in [-0.4, -0.2) is 23.2 Å². The topological polar surface area (TPSA) is 50.3 Å². The molecule has 0 aromatic carbocycles. The standard InChI is InChI=1S/C9H8N2O2/c12-7-5-9(13)11(6-7)8-3-1-2-4-10-8/h1-4H,5-6H2. The lowest BCUT2D eigenvalue weighted by molar-refractivity contribution is -0.121. The minimum atomic E-state index is -0.163. The zero-order valence-corrected chi connectivity index (χ0v) is 6.93. The summed E-state index contributed by atoms with van der Waals surface area (Å²) in [5, 5.41) is 0. The van der Waals surface area contributed by atoms with Gasteiger partial charge in [-0.05, 0) is 12.1 Å². The van der Waals surface area contributed by atoms with Crippen LogP contribution in [0.15, 0.2) is 24.4 Å². The highest BCUT2D eigenvalue weighted by molar-refractivity contribution is 6.14. The Balaban J connectivity index is 2.28. The van der Waals surface area contributed by atoms with Gasteiger partial charge in [0.1, 0.15) is 5.82 Å². The molecular weight excluding hydrogens is 168 g/mol. The molecule has 2 heterocycles. The van der Waals surface area contributed by atoms with Crippen molar-refractivity contribution in [2.45, 2.75) is 6.42 Å². The van der Waals surface area contributed by atoms with Gasteiger partial charge in [-0.1, -0.05) is 6.07 Å². The molecule has 0 bridgehead atoms. The molecule has 13 heavy (non-hydrogen) atoms. The van der Waals surface area contributed by atoms with E-state index in [1.807, 2.05) is 0 Å². The summed E-state index contributed by atoms with van der Waals surface area (Å²) in [4.78, 5) is 27.6. The lowest BCUT2D eigenvalue weighted by Crippen LogP contribution is -2.25. The van der Waals surface area contributed by atoms with E-state index in [0.717, 1.165) is 0 Å². The lowest BCUT2D eigenvalue weighted by atomic mass is 10.3. The van der Waals surface area contributed by atoms with Crippen molar-refractivity contribution in [3.05, 3.63) is 24.4 Å². The highest BCUT2D eigenvalue weighted by Gasteiger charge is 2.28. The van der Waals surface area contributed by atoms with Gasteiger partial charge in [-0.15, -0.1) is 0 Å². The molecule has 0 saturated carbocycles. The van der Waals surface area contributed by atoms with Crippen LogP contribution in [0.1, 0.15) is 6.42 Å². The molecule has 1 aromatic rings. The maximum absolute atomic E-state index is 11.3. The van der Waals surface area contributed by atoms with E-state index < -0.39 is 0 Å². The number of carbonyl (C=O) groups is 2. The van der Waals surface area contributed by atoms with E-state index in [4.69, 9.17) is 0 Å². The first-order chi connectivity index (χ1) is 6.27. The van der Waals surface area contributed by atoms with Crippen molar-refractivity contribution in [1.29, 1.82) is 0 Å². The van der Waals surface area contributed by atoms with E-state index in [9.17, 15) is 9.59 Å². The molecule has 0 aliphatic carbocycles. The van der Waals surface area contributed by atoms with Crippen molar-refractivity contribution >= 4 is 17.5 Å². The second-order valence-electron chi connectivity index (χ2n) is 2.88. The summed E-state index contributed by atoms with van der Waals surface area (Å²) in [6.07, 6.45) is 1.61. The maximum atomic E-state index is 11.3. The Hall–Kier alpha value is -1.71. The van der Waals surface area contributed by atoms with Crippen molar-refractivity contribution < 1.29 is 9.59 Å². The predicted octanol–water partition coefficient (Wildman–Crippen LogP) is 0.387. The minimum Gasteiger partial charge on any atom is -0.297 e. The number of pyridine rings is 1. The van der Waals surface area contributed by atoms with Crippen LogP contribution in [-0.2, 0) is 9.59 Å². The van der Waals surface area contributed by atoms with E-state index in [-0.39, 0.29) is 24.7 Å². The van der Waals surface area contributed by atoms with Crippen LogP contribution in [0.2, 0.25) is 0 Å². The van der Waals surface area contributed by atoms with E-state index in [1.54, 1.807) is 24.4 Å². The Bertz CT molecular complexity index is 348. The van der Waals surface area contributed by atoms with Crippen LogP contribution < -0.4 is 4.90 Å². The molecule has 1 amide bonds. The largest absolute Gasteiger partial charge is 0.297 e. The number of Topliss-reactive ketones (excluding diaryl/α,β-unsaturated/α-hetero) is 1. The summed E-state index contributed by atoms with van der Waals surface area (Å²) in [5.74, 6) is 0.345. The van der Waals surface area contributed by atoms with Gasteiger partial charge >= 0.3 is 0 Å². The number of anilines is 1. The Morgan fingerprint density at radius 2 is 2.15 bits per heavy atom. The Morgan fingerprint density at radius 3 is 2.69 bits per heavy atom. The average Bonchev–Trinajstić information content (AvgIpc) is 2.47. The molecule has 66 valence electrons. The first kappa shape index (κ1) is 7.91. The molecule has 1 aromatic heterocycles. The Labute approximate surface area is 75.2 Å². The molecule has 0 unspecified atom stereocenters. The fourth-order valence-corrected chi connectivity index (χ4v) is 1.31. The van der Waals surface area contributed by atoms with Crippen molar-refractivity contribution in [1.82, 2.24) is 4.98 Å². The third-order valence-corrected chi connectivity index (χ3v) is 1.91. The van der Waals surface area contributed by atoms with Gasteiger partial charge in [-0.3, -0.25) is 14.5 Å². The quantitative estimate of drug-likeness (QED) is 0.581. The summed E-state index contributed by atoms with van der Waals surface area (Å²) in [5.41, 5.74) is 0. The summed E-state index contributed by atoms with van der Waals surface area (Å²) < 4.78 is 0. The molecule has 4 heteroatoms. The molecule has 0 atom stereocenters. The molecule has 0 N–H and O–H groups in total. The number of hydrogen-bond acceptors (Lipinski definition) is 3. The highest BCUT2D eigenvalue weighted by atomic mass is 16.2. The fourth-order valence-electron chi connectivity index (χ4n) is 1.31. The molecule has 2 rings (SSSR count). The molecule has 1 aliphatic rings. The molecule has 0 spiro atoms. The first-order valence-corrected chi connectivity index (χ1v) is 4.00. The normalized spacial score (nSPS) is 16.8. The number of ketones is 1. The maximum Gasteiger partial charge on any atom is 0.236 e. The van der Waals surface area contributed by atoms with E-state index in [1.165, 1.54) is 4.90 Å². The Kier molecular flexibility index (Phi) is 1.81. The SMILES string of the molecule is O=C1CC(=O)N(c2ccccn2)C1. The number of rotatable bonds is 1. The van der Waals surface area contributed by atoms with Crippen LogP contribution in [0.4, 0.5) is 5.82 Å². The van der Waals surface area contributed by atoms with Crippen LogP contribution in [0.5, 0.6) is 0 Å². The molecule has 0 radical (unpaired) electrons. The van der Waals surface area contributed by atoms with Crippen LogP contribution in [0.3, 0.4) is 0 Å². The van der Waals surface area contributed by atoms with E-state index >= 15 is 0 Å². The monoisotopic (exact) mass is 176 g/mol. The molecular formula is C9H8N2O2. The fraction of sp³-hybridized carbons (Fsp3) is 0.222. The minimum absolute atomic E-state index is 0.0105. The first-order valence-electron chi connectivity index (χ1n) is 4.00. The zero-order valence-electron chi connectivity index (χ0n) is 6.93. The van der Waals surface area contributed by atoms with Gasteiger partial charge in [-0.2, -0.15) is 0 Å². The van der Waals surface area contributed by atoms with Crippen molar-refractivity contribution in [3.63, 3.8) is 0 Å². The van der Waals surface area contributed by atoms with Crippen molar-refractivity contribution in [2.24, 2.45) is 0 Å². The predicted molar refractivity (Wildman–Crippen MR) is 46.2 cm³/mol. The molecule has 1 aliphatic heterocycles. The van der Waals surface area contributed by atoms with Gasteiger partial charge in [0.15, 0.2) is 5.78 Å². The van der Waals surface area contributed by atoms with Crippen molar-refractivity contribution in [3.8, 4) is 0 Å². The third kappa shape index (κ3) is 1.42. The highest BCUT2D eigenvalue weighted by Crippen LogP contribution is 2.15. The summed E-state index contributed by atoms with van der Waals surface area (Å²) in [6.45, 7) is 0.163. The van der Waals surface area contributed by atoms with Gasteiger partial charge in [0, 0.05) is 6.20 Å². The van der Waals surface area contributed by atoms with Gasteiger partial charge in [0.25, 0.3) is 0 Å². The van der Waals surface area contributed by atoms with Gasteiger partial charge in [0.2, 0.25) is 5.91 Å². The van der Waals surface area contributed by atoms with Gasteiger partial charge in [-0.25, -0.2) is 4.98 Å². The van der Waals surface area contributed by atoms with Crippen LogP contribution in [0.25, 0.3) is 0 Å². The number of aromatic nitrogens is 1. The van der Waals surface area contributed by atoms with Crippen molar-refractivity contribution in [2.75, 3.05) is 11.4 Å². The molecule has 4 nitrogen and oxygen atoms in total. The number of carbonyl (C=O) groups excluding carboxylic acids is 2. The summed E-state index contributed by atoms with van der Waals surface area (Å²) in [6, 6.07) is 5.28. The zero-order chi connectivity index (χ0) is 9.26. The number of amides is 1. The second kappa shape index (κ2) is 2.97. The average molecular weight is 176 g/mol. The molecule has 1 saturated heterocycles. The third-order valence-electron chi connectivity index (χ3n) is 1.91. The molecule has 1 fully saturated rings. The lowest BCUT2D eigenvalue weighted by Gasteiger charge is -2.11. The summed E-state index contributed by atoms with van der Waals surface area (Å²) >= 11 is 0. The number of hydrogen-bond donors (Lipinski definition) is 0. The van der Waals surface area contributed by atoms with Crippen LogP contribution >= 0.6 is 0 Å². The van der Waals surface area contributed by atoms with Crippen LogP contribution in [0, 0.1) is 0 Å².